The van der Waals surface area contributed by atoms with Gasteiger partial charge in [-0.1, -0.05) is 24.3 Å². The largest absolute Gasteiger partial charge is 0.366 e. The van der Waals surface area contributed by atoms with Gasteiger partial charge in [-0.2, -0.15) is 0 Å². The second-order valence-electron chi connectivity index (χ2n) is 6.08. The molecule has 0 bridgehead atoms. The Hall–Kier alpha value is -2.73. The van der Waals surface area contributed by atoms with E-state index in [1.165, 1.54) is 17.2 Å². The van der Waals surface area contributed by atoms with Gasteiger partial charge in [-0.3, -0.25) is 4.79 Å². The Morgan fingerprint density at radius 3 is 2.83 bits per heavy atom. The number of H-pyrrole nitrogens is 1. The first-order valence-corrected chi connectivity index (χ1v) is 7.91. The van der Waals surface area contributed by atoms with E-state index in [-0.39, 0.29) is 11.6 Å². The number of halogens is 1. The molecule has 1 unspecified atom stereocenters. The van der Waals surface area contributed by atoms with Crippen LogP contribution >= 0.6 is 0 Å². The minimum absolute atomic E-state index is 0.00795. The Kier molecular flexibility index (Phi) is 3.54. The van der Waals surface area contributed by atoms with Crippen LogP contribution in [0.3, 0.4) is 0 Å². The Labute approximate surface area is 138 Å². The average molecular weight is 324 g/mol. The predicted molar refractivity (Wildman–Crippen MR) is 88.9 cm³/mol. The molecular formula is C18H17FN4O. The van der Waals surface area contributed by atoms with Crippen molar-refractivity contribution in [2.24, 2.45) is 5.73 Å². The molecule has 2 heterocycles. The lowest BCUT2D eigenvalue weighted by atomic mass is 10.0. The second kappa shape index (κ2) is 5.72. The van der Waals surface area contributed by atoms with Crippen LogP contribution in [0.15, 0.2) is 36.4 Å². The summed E-state index contributed by atoms with van der Waals surface area (Å²) in [5.74, 6) is -0.489. The molecule has 24 heavy (non-hydrogen) atoms. The van der Waals surface area contributed by atoms with Crippen molar-refractivity contribution in [2.75, 3.05) is 0 Å². The van der Waals surface area contributed by atoms with Crippen LogP contribution in [-0.4, -0.2) is 15.9 Å². The van der Waals surface area contributed by atoms with Crippen molar-refractivity contribution in [3.63, 3.8) is 0 Å². The number of carbonyl (C=O) groups excluding carboxylic acids is 1. The molecule has 4 rings (SSSR count). The highest BCUT2D eigenvalue weighted by atomic mass is 19.1. The number of fused-ring (bicyclic) bond motifs is 2. The molecule has 0 spiro atoms. The van der Waals surface area contributed by atoms with Crippen LogP contribution in [0.5, 0.6) is 0 Å². The molecule has 1 atom stereocenters. The van der Waals surface area contributed by atoms with Crippen LogP contribution in [0, 0.1) is 5.82 Å². The SMILES string of the molecule is NC(=O)c1cc(F)cc2[nH]c(C3CCc4ccccc4CN3)nc12. The van der Waals surface area contributed by atoms with Gasteiger partial charge in [0, 0.05) is 6.54 Å². The monoisotopic (exact) mass is 324 g/mol. The summed E-state index contributed by atoms with van der Waals surface area (Å²) in [6.07, 6.45) is 1.80. The highest BCUT2D eigenvalue weighted by Gasteiger charge is 2.21. The second-order valence-corrected chi connectivity index (χ2v) is 6.08. The van der Waals surface area contributed by atoms with Gasteiger partial charge in [0.25, 0.3) is 5.91 Å². The fourth-order valence-corrected chi connectivity index (χ4v) is 3.30. The zero-order valence-corrected chi connectivity index (χ0v) is 13.0. The lowest BCUT2D eigenvalue weighted by Gasteiger charge is -2.12. The molecule has 1 aliphatic heterocycles. The maximum absolute atomic E-state index is 13.7. The van der Waals surface area contributed by atoms with E-state index in [1.807, 2.05) is 12.1 Å². The van der Waals surface area contributed by atoms with Crippen LogP contribution in [0.1, 0.15) is 39.8 Å². The third-order valence-corrected chi connectivity index (χ3v) is 4.52. The lowest BCUT2D eigenvalue weighted by molar-refractivity contribution is 0.100. The molecule has 1 amide bonds. The zero-order valence-electron chi connectivity index (χ0n) is 13.0. The Morgan fingerprint density at radius 2 is 2.04 bits per heavy atom. The number of aryl methyl sites for hydroxylation is 1. The first kappa shape index (κ1) is 14.8. The van der Waals surface area contributed by atoms with E-state index in [0.717, 1.165) is 25.5 Å². The smallest absolute Gasteiger partial charge is 0.251 e. The van der Waals surface area contributed by atoms with Crippen molar-refractivity contribution in [1.82, 2.24) is 15.3 Å². The Bertz CT molecular complexity index is 907. The van der Waals surface area contributed by atoms with Crippen molar-refractivity contribution in [3.05, 3.63) is 64.7 Å². The number of nitrogens with two attached hydrogens (primary N) is 1. The van der Waals surface area contributed by atoms with Crippen LogP contribution in [-0.2, 0) is 13.0 Å². The van der Waals surface area contributed by atoms with E-state index in [2.05, 4.69) is 27.4 Å². The summed E-state index contributed by atoms with van der Waals surface area (Å²) in [7, 11) is 0. The molecule has 0 saturated heterocycles. The molecule has 1 aromatic heterocycles. The highest BCUT2D eigenvalue weighted by Crippen LogP contribution is 2.26. The number of hydrogen-bond donors (Lipinski definition) is 3. The van der Waals surface area contributed by atoms with Crippen molar-refractivity contribution < 1.29 is 9.18 Å². The normalized spacial score (nSPS) is 17.5. The number of nitrogens with one attached hydrogen (secondary N) is 2. The van der Waals surface area contributed by atoms with Crippen LogP contribution < -0.4 is 11.1 Å². The minimum atomic E-state index is -0.682. The standard InChI is InChI=1S/C18H17FN4O/c19-12-7-13(17(20)24)16-15(8-12)22-18(23-16)14-6-5-10-3-1-2-4-11(10)9-21-14/h1-4,7-8,14,21H,5-6,9H2,(H2,20,24)(H,22,23). The summed E-state index contributed by atoms with van der Waals surface area (Å²) in [6, 6.07) is 10.8. The third kappa shape index (κ3) is 2.55. The summed E-state index contributed by atoms with van der Waals surface area (Å²) < 4.78 is 13.7. The fourth-order valence-electron chi connectivity index (χ4n) is 3.30. The number of carbonyl (C=O) groups is 1. The Balaban J connectivity index is 1.70. The molecule has 6 heteroatoms. The topological polar surface area (TPSA) is 83.8 Å². The molecule has 0 radical (unpaired) electrons. The zero-order chi connectivity index (χ0) is 16.7. The van der Waals surface area contributed by atoms with Crippen molar-refractivity contribution in [2.45, 2.75) is 25.4 Å². The van der Waals surface area contributed by atoms with Crippen molar-refractivity contribution in [1.29, 1.82) is 0 Å². The summed E-state index contributed by atoms with van der Waals surface area (Å²) >= 11 is 0. The molecule has 4 N–H and O–H groups in total. The van der Waals surface area contributed by atoms with Gasteiger partial charge in [0.1, 0.15) is 17.2 Å². The fraction of sp³-hybridized carbons (Fsp3) is 0.222. The van der Waals surface area contributed by atoms with E-state index >= 15 is 0 Å². The van der Waals surface area contributed by atoms with Gasteiger partial charge >= 0.3 is 0 Å². The van der Waals surface area contributed by atoms with Gasteiger partial charge in [-0.25, -0.2) is 9.37 Å². The Morgan fingerprint density at radius 1 is 1.25 bits per heavy atom. The van der Waals surface area contributed by atoms with Crippen LogP contribution in [0.2, 0.25) is 0 Å². The van der Waals surface area contributed by atoms with Crippen LogP contribution in [0.4, 0.5) is 4.39 Å². The number of aromatic amines is 1. The summed E-state index contributed by atoms with van der Waals surface area (Å²) in [5.41, 5.74) is 8.96. The van der Waals surface area contributed by atoms with Crippen molar-refractivity contribution >= 4 is 16.9 Å². The number of amides is 1. The highest BCUT2D eigenvalue weighted by molar-refractivity contribution is 6.04. The number of hydrogen-bond acceptors (Lipinski definition) is 3. The molecule has 3 aromatic rings. The maximum Gasteiger partial charge on any atom is 0.251 e. The molecule has 0 saturated carbocycles. The number of aromatic nitrogens is 2. The number of rotatable bonds is 2. The lowest BCUT2D eigenvalue weighted by Crippen LogP contribution is -2.20. The number of benzene rings is 2. The van der Waals surface area contributed by atoms with E-state index in [0.29, 0.717) is 16.9 Å². The van der Waals surface area contributed by atoms with E-state index in [9.17, 15) is 9.18 Å². The number of primary amides is 1. The van der Waals surface area contributed by atoms with Gasteiger partial charge in [-0.05, 0) is 36.1 Å². The summed E-state index contributed by atoms with van der Waals surface area (Å²) in [5, 5.41) is 3.47. The summed E-state index contributed by atoms with van der Waals surface area (Å²) in [4.78, 5) is 19.2. The molecule has 5 nitrogen and oxygen atoms in total. The molecular weight excluding hydrogens is 307 g/mol. The molecule has 1 aliphatic rings. The van der Waals surface area contributed by atoms with Gasteiger partial charge in [0.2, 0.25) is 0 Å². The van der Waals surface area contributed by atoms with Crippen LogP contribution in [0.25, 0.3) is 11.0 Å². The maximum atomic E-state index is 13.7. The van der Waals surface area contributed by atoms with Gasteiger partial charge < -0.3 is 16.0 Å². The molecule has 2 aromatic carbocycles. The van der Waals surface area contributed by atoms with Gasteiger partial charge in [0.15, 0.2) is 0 Å². The molecule has 0 fully saturated rings. The van der Waals surface area contributed by atoms with Gasteiger partial charge in [0.05, 0.1) is 17.1 Å². The van der Waals surface area contributed by atoms with Crippen molar-refractivity contribution in [3.8, 4) is 0 Å². The average Bonchev–Trinajstić information content (AvgIpc) is 2.86. The first-order chi connectivity index (χ1) is 11.6. The van der Waals surface area contributed by atoms with E-state index in [1.54, 1.807) is 0 Å². The predicted octanol–water partition coefficient (Wildman–Crippen LogP) is 2.58. The van der Waals surface area contributed by atoms with E-state index < -0.39 is 11.7 Å². The number of imidazole rings is 1. The third-order valence-electron chi connectivity index (χ3n) is 4.52. The molecule has 122 valence electrons. The van der Waals surface area contributed by atoms with Gasteiger partial charge in [-0.15, -0.1) is 0 Å². The number of nitrogens with zero attached hydrogens (tertiary/aromatic N) is 1. The molecule has 0 aliphatic carbocycles. The van der Waals surface area contributed by atoms with E-state index in [4.69, 9.17) is 5.73 Å². The quantitative estimate of drug-likeness (QED) is 0.677. The first-order valence-electron chi connectivity index (χ1n) is 7.91. The minimum Gasteiger partial charge on any atom is -0.366 e. The summed E-state index contributed by atoms with van der Waals surface area (Å²) in [6.45, 7) is 0.745.